The zero-order chi connectivity index (χ0) is 9.26. The van der Waals surface area contributed by atoms with Crippen molar-refractivity contribution in [3.8, 4) is 0 Å². The minimum atomic E-state index is -0.103. The first-order chi connectivity index (χ1) is 6.33. The molecule has 0 bridgehead atoms. The summed E-state index contributed by atoms with van der Waals surface area (Å²) in [5.41, 5.74) is 2.23. The van der Waals surface area contributed by atoms with Crippen LogP contribution >= 0.6 is 0 Å². The lowest BCUT2D eigenvalue weighted by Crippen LogP contribution is -2.04. The maximum absolute atomic E-state index is 11.4. The van der Waals surface area contributed by atoms with Crippen LogP contribution < -0.4 is 0 Å². The molecule has 1 unspecified atom stereocenters. The van der Waals surface area contributed by atoms with Crippen LogP contribution in [0.25, 0.3) is 6.08 Å². The molecule has 1 aromatic carbocycles. The number of carbonyl (C=O) groups excluding carboxylic acids is 1. The Morgan fingerprint density at radius 1 is 1.38 bits per heavy atom. The lowest BCUT2D eigenvalue weighted by molar-refractivity contribution is -0.114. The number of benzene rings is 1. The molecule has 1 aliphatic rings. The van der Waals surface area contributed by atoms with Crippen LogP contribution in [-0.2, 0) is 4.79 Å². The Bertz CT molecular complexity index is 388. The Morgan fingerprint density at radius 3 is 2.92 bits per heavy atom. The zero-order valence-corrected chi connectivity index (χ0v) is 7.23. The molecule has 1 aliphatic carbocycles. The molecule has 0 radical (unpaired) electrons. The zero-order valence-electron chi connectivity index (χ0n) is 7.23. The maximum Gasteiger partial charge on any atom is 0.166 e. The summed E-state index contributed by atoms with van der Waals surface area (Å²) in [5, 5.41) is 0. The molecule has 13 heavy (non-hydrogen) atoms. The molecule has 1 aromatic rings. The minimum Gasteiger partial charge on any atom is -0.294 e. The van der Waals surface area contributed by atoms with Crippen LogP contribution in [0, 0.1) is 0 Å². The van der Waals surface area contributed by atoms with Gasteiger partial charge >= 0.3 is 0 Å². The molecular formula is C12H10O. The number of ketones is 1. The van der Waals surface area contributed by atoms with Crippen molar-refractivity contribution in [2.75, 3.05) is 0 Å². The van der Waals surface area contributed by atoms with Gasteiger partial charge in [-0.15, -0.1) is 0 Å². The van der Waals surface area contributed by atoms with Gasteiger partial charge in [0.05, 0.1) is 5.92 Å². The predicted molar refractivity (Wildman–Crippen MR) is 53.4 cm³/mol. The number of fused-ring (bicyclic) bond motifs is 1. The SMILES string of the molecule is C=CC(=O)C1C=Cc2ccccc21. The number of allylic oxidation sites excluding steroid dienone is 2. The highest BCUT2D eigenvalue weighted by molar-refractivity contribution is 5.99. The summed E-state index contributed by atoms with van der Waals surface area (Å²) >= 11 is 0. The monoisotopic (exact) mass is 170 g/mol. The molecule has 1 nitrogen and oxygen atoms in total. The van der Waals surface area contributed by atoms with Gasteiger partial charge in [0.25, 0.3) is 0 Å². The van der Waals surface area contributed by atoms with E-state index in [4.69, 9.17) is 0 Å². The quantitative estimate of drug-likeness (QED) is 0.623. The molecule has 0 heterocycles. The van der Waals surface area contributed by atoms with Crippen molar-refractivity contribution in [3.05, 3.63) is 54.1 Å². The summed E-state index contributed by atoms with van der Waals surface area (Å²) in [6, 6.07) is 7.93. The van der Waals surface area contributed by atoms with Crippen molar-refractivity contribution in [3.63, 3.8) is 0 Å². The van der Waals surface area contributed by atoms with Crippen LogP contribution in [0.15, 0.2) is 43.0 Å². The van der Waals surface area contributed by atoms with Crippen molar-refractivity contribution in [1.29, 1.82) is 0 Å². The second-order valence-corrected chi connectivity index (χ2v) is 3.07. The lowest BCUT2D eigenvalue weighted by atomic mass is 9.97. The van der Waals surface area contributed by atoms with E-state index in [0.29, 0.717) is 0 Å². The number of carbonyl (C=O) groups is 1. The van der Waals surface area contributed by atoms with Gasteiger partial charge in [-0.2, -0.15) is 0 Å². The topological polar surface area (TPSA) is 17.1 Å². The fourth-order valence-corrected chi connectivity index (χ4v) is 1.62. The van der Waals surface area contributed by atoms with Crippen LogP contribution in [-0.4, -0.2) is 5.78 Å². The van der Waals surface area contributed by atoms with Gasteiger partial charge in [0, 0.05) is 0 Å². The average Bonchev–Trinajstić information content (AvgIpc) is 2.60. The lowest BCUT2D eigenvalue weighted by Gasteiger charge is -2.05. The normalized spacial score (nSPS) is 18.3. The number of rotatable bonds is 2. The van der Waals surface area contributed by atoms with Crippen molar-refractivity contribution < 1.29 is 4.79 Å². The molecule has 2 rings (SSSR count). The summed E-state index contributed by atoms with van der Waals surface area (Å²) < 4.78 is 0. The molecule has 0 N–H and O–H groups in total. The predicted octanol–water partition coefficient (Wildman–Crippen LogP) is 2.55. The van der Waals surface area contributed by atoms with Gasteiger partial charge < -0.3 is 0 Å². The Balaban J connectivity index is 2.44. The Labute approximate surface area is 77.4 Å². The van der Waals surface area contributed by atoms with E-state index in [2.05, 4.69) is 6.58 Å². The van der Waals surface area contributed by atoms with Gasteiger partial charge in [-0.1, -0.05) is 43.0 Å². The van der Waals surface area contributed by atoms with Crippen molar-refractivity contribution in [2.24, 2.45) is 0 Å². The second kappa shape index (κ2) is 3.02. The summed E-state index contributed by atoms with van der Waals surface area (Å²) in [4.78, 5) is 11.4. The van der Waals surface area contributed by atoms with Crippen molar-refractivity contribution in [1.82, 2.24) is 0 Å². The van der Waals surface area contributed by atoms with E-state index in [0.717, 1.165) is 11.1 Å². The largest absolute Gasteiger partial charge is 0.294 e. The average molecular weight is 170 g/mol. The number of hydrogen-bond acceptors (Lipinski definition) is 1. The van der Waals surface area contributed by atoms with Gasteiger partial charge in [-0.3, -0.25) is 4.79 Å². The Hall–Kier alpha value is -1.63. The van der Waals surface area contributed by atoms with Gasteiger partial charge in [0.15, 0.2) is 5.78 Å². The minimum absolute atomic E-state index is 0.0706. The van der Waals surface area contributed by atoms with E-state index in [9.17, 15) is 4.79 Å². The first-order valence-electron chi connectivity index (χ1n) is 4.26. The molecular weight excluding hydrogens is 160 g/mol. The van der Waals surface area contributed by atoms with E-state index in [1.54, 1.807) is 0 Å². The molecule has 64 valence electrons. The third-order valence-electron chi connectivity index (χ3n) is 2.31. The maximum atomic E-state index is 11.4. The van der Waals surface area contributed by atoms with Crippen LogP contribution in [0.3, 0.4) is 0 Å². The van der Waals surface area contributed by atoms with E-state index < -0.39 is 0 Å². The van der Waals surface area contributed by atoms with Crippen molar-refractivity contribution in [2.45, 2.75) is 5.92 Å². The Morgan fingerprint density at radius 2 is 2.15 bits per heavy atom. The Kier molecular flexibility index (Phi) is 1.85. The summed E-state index contributed by atoms with van der Waals surface area (Å²) in [5.74, 6) is -0.0325. The molecule has 1 heteroatoms. The van der Waals surface area contributed by atoms with Crippen LogP contribution in [0.2, 0.25) is 0 Å². The molecule has 0 aromatic heterocycles. The van der Waals surface area contributed by atoms with E-state index in [1.165, 1.54) is 6.08 Å². The molecule has 0 saturated heterocycles. The van der Waals surface area contributed by atoms with E-state index >= 15 is 0 Å². The van der Waals surface area contributed by atoms with Crippen LogP contribution in [0.4, 0.5) is 0 Å². The van der Waals surface area contributed by atoms with Crippen LogP contribution in [0.1, 0.15) is 17.0 Å². The number of hydrogen-bond donors (Lipinski definition) is 0. The molecule has 0 fully saturated rings. The molecule has 0 amide bonds. The van der Waals surface area contributed by atoms with Gasteiger partial charge in [-0.05, 0) is 17.2 Å². The summed E-state index contributed by atoms with van der Waals surface area (Å²) in [6.45, 7) is 3.49. The van der Waals surface area contributed by atoms with Gasteiger partial charge in [-0.25, -0.2) is 0 Å². The van der Waals surface area contributed by atoms with E-state index in [1.807, 2.05) is 36.4 Å². The van der Waals surface area contributed by atoms with E-state index in [-0.39, 0.29) is 11.7 Å². The smallest absolute Gasteiger partial charge is 0.166 e. The van der Waals surface area contributed by atoms with Gasteiger partial charge in [0.1, 0.15) is 0 Å². The van der Waals surface area contributed by atoms with Crippen LogP contribution in [0.5, 0.6) is 0 Å². The molecule has 0 spiro atoms. The molecule has 0 aliphatic heterocycles. The third kappa shape index (κ3) is 1.22. The van der Waals surface area contributed by atoms with Gasteiger partial charge in [0.2, 0.25) is 0 Å². The fraction of sp³-hybridized carbons (Fsp3) is 0.0833. The highest BCUT2D eigenvalue weighted by Gasteiger charge is 2.20. The first kappa shape index (κ1) is 7.99. The molecule has 1 atom stereocenters. The summed E-state index contributed by atoms with van der Waals surface area (Å²) in [6.07, 6.45) is 5.30. The fourth-order valence-electron chi connectivity index (χ4n) is 1.62. The standard InChI is InChI=1S/C12H10O/c1-2-12(13)11-8-7-9-5-3-4-6-10(9)11/h2-8,11H,1H2. The highest BCUT2D eigenvalue weighted by atomic mass is 16.1. The van der Waals surface area contributed by atoms with Crippen molar-refractivity contribution >= 4 is 11.9 Å². The third-order valence-corrected chi connectivity index (χ3v) is 2.31. The highest BCUT2D eigenvalue weighted by Crippen LogP contribution is 2.30. The summed E-state index contributed by atoms with van der Waals surface area (Å²) in [7, 11) is 0. The first-order valence-corrected chi connectivity index (χ1v) is 4.26. The second-order valence-electron chi connectivity index (χ2n) is 3.07. The molecule has 0 saturated carbocycles.